The van der Waals surface area contributed by atoms with Gasteiger partial charge in [-0.25, -0.2) is 0 Å². The third-order valence-electron chi connectivity index (χ3n) is 1.38. The SMILES string of the molecule is CC(=O)[C@@](O)(CO)CP(=O)(O)O. The molecule has 0 amide bonds. The van der Waals surface area contributed by atoms with Crippen LogP contribution in [-0.4, -0.2) is 44.2 Å². The van der Waals surface area contributed by atoms with Gasteiger partial charge in [0.1, 0.15) is 0 Å². The fraction of sp³-hybridized carbons (Fsp3) is 0.800. The fourth-order valence-corrected chi connectivity index (χ4v) is 1.62. The molecule has 0 saturated carbocycles. The molecule has 0 heterocycles. The molecule has 0 spiro atoms. The van der Waals surface area contributed by atoms with Crippen LogP contribution in [0.4, 0.5) is 0 Å². The Morgan fingerprint density at radius 3 is 2.00 bits per heavy atom. The largest absolute Gasteiger partial charge is 0.393 e. The van der Waals surface area contributed by atoms with E-state index in [-0.39, 0.29) is 0 Å². The topological polar surface area (TPSA) is 115 Å². The van der Waals surface area contributed by atoms with Crippen LogP contribution in [0.3, 0.4) is 0 Å². The van der Waals surface area contributed by atoms with Gasteiger partial charge in [0, 0.05) is 0 Å². The lowest BCUT2D eigenvalue weighted by Gasteiger charge is -2.22. The minimum atomic E-state index is -4.49. The number of hydrogen-bond donors (Lipinski definition) is 4. The molecule has 0 aromatic rings. The maximum absolute atomic E-state index is 10.6. The Balaban J connectivity index is 4.57. The van der Waals surface area contributed by atoms with Crippen molar-refractivity contribution in [1.29, 1.82) is 0 Å². The van der Waals surface area contributed by atoms with Crippen LogP contribution in [0, 0.1) is 0 Å². The van der Waals surface area contributed by atoms with E-state index in [1.807, 2.05) is 0 Å². The number of aliphatic hydroxyl groups excluding tert-OH is 1. The van der Waals surface area contributed by atoms with Gasteiger partial charge in [-0.1, -0.05) is 0 Å². The van der Waals surface area contributed by atoms with E-state index in [0.29, 0.717) is 0 Å². The van der Waals surface area contributed by atoms with Crippen molar-refractivity contribution in [2.75, 3.05) is 12.8 Å². The molecule has 0 rings (SSSR count). The predicted molar refractivity (Wildman–Crippen MR) is 39.6 cm³/mol. The van der Waals surface area contributed by atoms with Crippen LogP contribution in [0.25, 0.3) is 0 Å². The molecule has 12 heavy (non-hydrogen) atoms. The quantitative estimate of drug-likeness (QED) is 0.407. The summed E-state index contributed by atoms with van der Waals surface area (Å²) in [4.78, 5) is 27.5. The van der Waals surface area contributed by atoms with Crippen molar-refractivity contribution in [2.24, 2.45) is 0 Å². The van der Waals surface area contributed by atoms with E-state index in [1.54, 1.807) is 0 Å². The highest BCUT2D eigenvalue weighted by Crippen LogP contribution is 2.38. The Labute approximate surface area is 69.0 Å². The summed E-state index contributed by atoms with van der Waals surface area (Å²) < 4.78 is 10.4. The molecule has 0 aliphatic rings. The molecule has 7 heteroatoms. The van der Waals surface area contributed by atoms with Gasteiger partial charge < -0.3 is 20.0 Å². The summed E-state index contributed by atoms with van der Waals surface area (Å²) >= 11 is 0. The second kappa shape index (κ2) is 3.64. The lowest BCUT2D eigenvalue weighted by Crippen LogP contribution is -2.44. The van der Waals surface area contributed by atoms with Crippen LogP contribution in [0.15, 0.2) is 0 Å². The Morgan fingerprint density at radius 1 is 1.50 bits per heavy atom. The third kappa shape index (κ3) is 3.42. The van der Waals surface area contributed by atoms with Crippen molar-refractivity contribution >= 4 is 13.4 Å². The first kappa shape index (κ1) is 11.7. The summed E-state index contributed by atoms with van der Waals surface area (Å²) in [5.74, 6) is -0.867. The van der Waals surface area contributed by atoms with E-state index in [2.05, 4.69) is 0 Å². The molecule has 0 aliphatic heterocycles. The predicted octanol–water partition coefficient (Wildman–Crippen LogP) is -1.52. The number of carbonyl (C=O) groups excluding carboxylic acids is 1. The minimum Gasteiger partial charge on any atom is -0.393 e. The highest BCUT2D eigenvalue weighted by atomic mass is 31.2. The van der Waals surface area contributed by atoms with E-state index < -0.39 is 31.7 Å². The third-order valence-corrected chi connectivity index (χ3v) is 2.32. The normalized spacial score (nSPS) is 17.1. The average molecular weight is 198 g/mol. The standard InChI is InChI=1S/C5H11O6P/c1-4(7)5(8,2-6)3-12(9,10)11/h6,8H,2-3H2,1H3,(H2,9,10,11)/t5-/m1/s1. The molecule has 1 atom stereocenters. The van der Waals surface area contributed by atoms with Crippen LogP contribution in [0.1, 0.15) is 6.92 Å². The lowest BCUT2D eigenvalue weighted by atomic mass is 10.0. The second-order valence-corrected chi connectivity index (χ2v) is 4.21. The molecular weight excluding hydrogens is 187 g/mol. The van der Waals surface area contributed by atoms with Crippen molar-refractivity contribution < 1.29 is 29.4 Å². The van der Waals surface area contributed by atoms with E-state index in [0.717, 1.165) is 6.92 Å². The number of hydrogen-bond acceptors (Lipinski definition) is 4. The molecule has 0 unspecified atom stereocenters. The van der Waals surface area contributed by atoms with Crippen molar-refractivity contribution in [3.63, 3.8) is 0 Å². The van der Waals surface area contributed by atoms with Gasteiger partial charge in [0.2, 0.25) is 0 Å². The first-order valence-corrected chi connectivity index (χ1v) is 4.90. The molecule has 72 valence electrons. The lowest BCUT2D eigenvalue weighted by molar-refractivity contribution is -0.136. The van der Waals surface area contributed by atoms with Crippen LogP contribution in [0.5, 0.6) is 0 Å². The zero-order valence-corrected chi connectivity index (χ0v) is 7.36. The highest BCUT2D eigenvalue weighted by molar-refractivity contribution is 7.51. The number of aliphatic hydroxyl groups is 2. The molecule has 0 aromatic heterocycles. The average Bonchev–Trinajstić information content (AvgIpc) is 1.83. The molecule has 0 radical (unpaired) electrons. The van der Waals surface area contributed by atoms with E-state index in [1.165, 1.54) is 0 Å². The summed E-state index contributed by atoms with van der Waals surface area (Å²) in [6.07, 6.45) is -1.05. The monoisotopic (exact) mass is 198 g/mol. The van der Waals surface area contributed by atoms with Gasteiger partial charge in [-0.05, 0) is 6.92 Å². The van der Waals surface area contributed by atoms with E-state index in [4.69, 9.17) is 20.0 Å². The van der Waals surface area contributed by atoms with Crippen LogP contribution in [0.2, 0.25) is 0 Å². The van der Waals surface area contributed by atoms with Crippen LogP contribution < -0.4 is 0 Å². The molecule has 0 saturated heterocycles. The van der Waals surface area contributed by atoms with Crippen molar-refractivity contribution in [3.05, 3.63) is 0 Å². The molecular formula is C5H11O6P. The molecule has 0 bridgehead atoms. The van der Waals surface area contributed by atoms with Gasteiger partial charge in [-0.15, -0.1) is 0 Å². The molecule has 0 fully saturated rings. The molecule has 4 N–H and O–H groups in total. The van der Waals surface area contributed by atoms with Crippen molar-refractivity contribution in [1.82, 2.24) is 0 Å². The maximum atomic E-state index is 10.6. The summed E-state index contributed by atoms with van der Waals surface area (Å²) in [5.41, 5.74) is -2.32. The van der Waals surface area contributed by atoms with E-state index in [9.17, 15) is 9.36 Å². The number of ketones is 1. The summed E-state index contributed by atoms with van der Waals surface area (Å²) in [7, 11) is -4.49. The molecule has 0 aliphatic carbocycles. The zero-order chi connectivity index (χ0) is 9.99. The number of carbonyl (C=O) groups is 1. The number of rotatable bonds is 4. The van der Waals surface area contributed by atoms with Crippen LogP contribution in [-0.2, 0) is 9.36 Å². The summed E-state index contributed by atoms with van der Waals surface area (Å²) in [6, 6.07) is 0. The van der Waals surface area contributed by atoms with E-state index >= 15 is 0 Å². The Bertz CT molecular complexity index is 220. The Morgan fingerprint density at radius 2 is 1.92 bits per heavy atom. The fourth-order valence-electron chi connectivity index (χ4n) is 0.613. The first-order chi connectivity index (χ1) is 5.21. The Kier molecular flexibility index (Phi) is 3.56. The summed E-state index contributed by atoms with van der Waals surface area (Å²) in [6.45, 7) is -0.0423. The first-order valence-electron chi connectivity index (χ1n) is 3.10. The zero-order valence-electron chi connectivity index (χ0n) is 6.47. The van der Waals surface area contributed by atoms with Gasteiger partial charge >= 0.3 is 7.60 Å². The molecule has 0 aromatic carbocycles. The van der Waals surface area contributed by atoms with Gasteiger partial charge in [0.05, 0.1) is 12.8 Å². The van der Waals surface area contributed by atoms with Crippen molar-refractivity contribution in [3.8, 4) is 0 Å². The Hall–Kier alpha value is -0.260. The number of Topliss-reactive ketones (excluding diaryl/α,β-unsaturated/α-hetero) is 1. The van der Waals surface area contributed by atoms with Crippen LogP contribution >= 0.6 is 7.60 Å². The highest BCUT2D eigenvalue weighted by Gasteiger charge is 2.38. The maximum Gasteiger partial charge on any atom is 0.329 e. The minimum absolute atomic E-state index is 0.867. The van der Waals surface area contributed by atoms with Gasteiger partial charge in [-0.3, -0.25) is 9.36 Å². The summed E-state index contributed by atoms with van der Waals surface area (Å²) in [5, 5.41) is 17.6. The van der Waals surface area contributed by atoms with Gasteiger partial charge in [0.25, 0.3) is 0 Å². The van der Waals surface area contributed by atoms with Crippen molar-refractivity contribution in [2.45, 2.75) is 12.5 Å². The molecule has 6 nitrogen and oxygen atoms in total. The van der Waals surface area contributed by atoms with Gasteiger partial charge in [-0.2, -0.15) is 0 Å². The second-order valence-electron chi connectivity index (χ2n) is 2.57. The smallest absolute Gasteiger partial charge is 0.329 e. The van der Waals surface area contributed by atoms with Gasteiger partial charge in [0.15, 0.2) is 11.4 Å².